The predicted molar refractivity (Wildman–Crippen MR) is 104 cm³/mol. The monoisotopic (exact) mass is 326 g/mol. The van der Waals surface area contributed by atoms with Crippen molar-refractivity contribution in [3.63, 3.8) is 0 Å². The molecule has 2 heteroatoms. The zero-order valence-electron chi connectivity index (χ0n) is 14.0. The number of nitrogens with one attached hydrogen (secondary N) is 1. The molecule has 0 spiro atoms. The maximum Gasteiger partial charge on any atom is 0.0523 e. The van der Waals surface area contributed by atoms with E-state index in [9.17, 15) is 0 Å². The van der Waals surface area contributed by atoms with Crippen LogP contribution in [0.5, 0.6) is 0 Å². The summed E-state index contributed by atoms with van der Waals surface area (Å²) in [5, 5.41) is 3.77. The van der Waals surface area contributed by atoms with Crippen LogP contribution >= 0.6 is 0 Å². The van der Waals surface area contributed by atoms with Gasteiger partial charge in [0.25, 0.3) is 0 Å². The van der Waals surface area contributed by atoms with E-state index >= 15 is 0 Å². The van der Waals surface area contributed by atoms with Gasteiger partial charge in [-0.15, -0.1) is 0 Å². The van der Waals surface area contributed by atoms with Gasteiger partial charge in [0.05, 0.1) is 12.1 Å². The van der Waals surface area contributed by atoms with Crippen molar-refractivity contribution < 1.29 is 0 Å². The highest BCUT2D eigenvalue weighted by Gasteiger charge is 2.26. The maximum absolute atomic E-state index is 6.68. The summed E-state index contributed by atoms with van der Waals surface area (Å²) in [5.74, 6) is 0. The van der Waals surface area contributed by atoms with Gasteiger partial charge in [0.1, 0.15) is 0 Å². The number of fused-ring (bicyclic) bond motifs is 1. The molecule has 0 fully saturated rings. The van der Waals surface area contributed by atoms with Gasteiger partial charge in [-0.1, -0.05) is 97.1 Å². The van der Waals surface area contributed by atoms with Gasteiger partial charge in [-0.3, -0.25) is 5.32 Å². The Morgan fingerprint density at radius 3 is 2.04 bits per heavy atom. The molecule has 2 nitrogen and oxygen atoms in total. The fourth-order valence-corrected chi connectivity index (χ4v) is 3.52. The Balaban J connectivity index is 1.66. The van der Waals surface area contributed by atoms with Gasteiger partial charge in [-0.05, 0) is 22.3 Å². The van der Waals surface area contributed by atoms with Crippen molar-refractivity contribution in [1.29, 1.82) is 0 Å². The fourth-order valence-electron chi connectivity index (χ4n) is 3.52. The largest absolute Gasteiger partial charge is 0.322 e. The lowest BCUT2D eigenvalue weighted by molar-refractivity contribution is 0.428. The second-order valence-electron chi connectivity index (χ2n) is 6.46. The summed E-state index contributed by atoms with van der Waals surface area (Å²) in [6.07, 6.45) is 4.40. The third-order valence-electron chi connectivity index (χ3n) is 4.86. The van der Waals surface area contributed by atoms with Crippen molar-refractivity contribution in [2.45, 2.75) is 18.1 Å². The van der Waals surface area contributed by atoms with E-state index in [1.165, 1.54) is 16.7 Å². The van der Waals surface area contributed by atoms with Gasteiger partial charge in [0.15, 0.2) is 0 Å². The summed E-state index contributed by atoms with van der Waals surface area (Å²) >= 11 is 0. The van der Waals surface area contributed by atoms with Crippen LogP contribution in [-0.2, 0) is 0 Å². The predicted octanol–water partition coefficient (Wildman–Crippen LogP) is 4.79. The summed E-state index contributed by atoms with van der Waals surface area (Å²) in [4.78, 5) is 0. The number of hydrogen-bond acceptors (Lipinski definition) is 2. The van der Waals surface area contributed by atoms with Crippen LogP contribution in [0.1, 0.15) is 40.4 Å². The van der Waals surface area contributed by atoms with E-state index in [0.717, 1.165) is 5.56 Å². The molecule has 0 aliphatic heterocycles. The Labute approximate surface area is 149 Å². The molecule has 3 aromatic carbocycles. The zero-order valence-corrected chi connectivity index (χ0v) is 14.0. The minimum absolute atomic E-state index is 0.0319. The van der Waals surface area contributed by atoms with E-state index in [1.54, 1.807) is 0 Å². The third-order valence-corrected chi connectivity index (χ3v) is 4.86. The highest BCUT2D eigenvalue weighted by molar-refractivity contribution is 5.62. The summed E-state index contributed by atoms with van der Waals surface area (Å²) in [7, 11) is 0. The van der Waals surface area contributed by atoms with Gasteiger partial charge in [-0.25, -0.2) is 0 Å². The van der Waals surface area contributed by atoms with Crippen molar-refractivity contribution in [3.05, 3.63) is 113 Å². The molecule has 3 atom stereocenters. The first kappa shape index (κ1) is 15.8. The molecule has 0 bridgehead atoms. The number of nitrogens with two attached hydrogens (primary N) is 1. The van der Waals surface area contributed by atoms with Crippen LogP contribution in [-0.4, -0.2) is 0 Å². The van der Waals surface area contributed by atoms with Crippen molar-refractivity contribution >= 4 is 6.08 Å². The summed E-state index contributed by atoms with van der Waals surface area (Å²) in [5.41, 5.74) is 11.6. The normalized spacial score (nSPS) is 17.9. The van der Waals surface area contributed by atoms with Gasteiger partial charge < -0.3 is 5.73 Å². The van der Waals surface area contributed by atoms with E-state index in [-0.39, 0.29) is 18.1 Å². The molecule has 0 saturated heterocycles. The van der Waals surface area contributed by atoms with E-state index in [4.69, 9.17) is 5.73 Å². The molecular weight excluding hydrogens is 304 g/mol. The summed E-state index contributed by atoms with van der Waals surface area (Å²) in [6.45, 7) is 0. The minimum atomic E-state index is -0.121. The van der Waals surface area contributed by atoms with Gasteiger partial charge in [0, 0.05) is 6.04 Å². The molecule has 25 heavy (non-hydrogen) atoms. The van der Waals surface area contributed by atoms with Crippen LogP contribution in [0.25, 0.3) is 6.08 Å². The molecule has 124 valence electrons. The van der Waals surface area contributed by atoms with Crippen LogP contribution in [0.2, 0.25) is 0 Å². The molecule has 1 aliphatic carbocycles. The second-order valence-corrected chi connectivity index (χ2v) is 6.46. The minimum Gasteiger partial charge on any atom is -0.322 e. The van der Waals surface area contributed by atoms with Crippen molar-refractivity contribution in [2.75, 3.05) is 0 Å². The average Bonchev–Trinajstić information content (AvgIpc) is 3.10. The highest BCUT2D eigenvalue weighted by atomic mass is 15.0. The van der Waals surface area contributed by atoms with E-state index < -0.39 is 0 Å². The molecule has 1 aliphatic rings. The van der Waals surface area contributed by atoms with Crippen molar-refractivity contribution in [3.8, 4) is 0 Å². The van der Waals surface area contributed by atoms with Gasteiger partial charge in [0.2, 0.25) is 0 Å². The highest BCUT2D eigenvalue weighted by Crippen LogP contribution is 2.34. The molecule has 0 amide bonds. The Kier molecular flexibility index (Phi) is 4.47. The number of benzene rings is 3. The smallest absolute Gasteiger partial charge is 0.0523 e. The Hall–Kier alpha value is -2.68. The first-order valence-electron chi connectivity index (χ1n) is 8.71. The molecule has 0 saturated carbocycles. The van der Waals surface area contributed by atoms with Crippen LogP contribution in [0.3, 0.4) is 0 Å². The van der Waals surface area contributed by atoms with Crippen molar-refractivity contribution in [2.24, 2.45) is 5.73 Å². The van der Waals surface area contributed by atoms with Crippen LogP contribution in [0.15, 0.2) is 91.0 Å². The van der Waals surface area contributed by atoms with E-state index in [0.29, 0.717) is 0 Å². The van der Waals surface area contributed by atoms with Gasteiger partial charge in [-0.2, -0.15) is 0 Å². The van der Waals surface area contributed by atoms with Crippen LogP contribution < -0.4 is 11.1 Å². The Morgan fingerprint density at radius 1 is 0.720 bits per heavy atom. The molecule has 0 heterocycles. The lowest BCUT2D eigenvalue weighted by atomic mass is 9.92. The first-order valence-corrected chi connectivity index (χ1v) is 8.71. The molecule has 3 aromatic rings. The lowest BCUT2D eigenvalue weighted by Crippen LogP contribution is -2.33. The average molecular weight is 326 g/mol. The lowest BCUT2D eigenvalue weighted by Gasteiger charge is -2.29. The molecule has 3 unspecified atom stereocenters. The van der Waals surface area contributed by atoms with E-state index in [2.05, 4.69) is 78.1 Å². The molecule has 4 rings (SSSR count). The summed E-state index contributed by atoms with van der Waals surface area (Å²) in [6, 6.07) is 29.4. The van der Waals surface area contributed by atoms with Crippen LogP contribution in [0.4, 0.5) is 0 Å². The number of rotatable bonds is 5. The van der Waals surface area contributed by atoms with E-state index in [1.807, 2.05) is 24.3 Å². The number of hydrogen-bond donors (Lipinski definition) is 2. The SMILES string of the molecule is NC(c1ccccc1)C(NC1C=Cc2ccccc21)c1ccccc1. The first-order chi connectivity index (χ1) is 12.3. The Morgan fingerprint density at radius 2 is 1.32 bits per heavy atom. The fraction of sp³-hybridized carbons (Fsp3) is 0.130. The zero-order chi connectivity index (χ0) is 17.1. The summed E-state index contributed by atoms with van der Waals surface area (Å²) < 4.78 is 0. The van der Waals surface area contributed by atoms with Crippen molar-refractivity contribution in [1.82, 2.24) is 5.32 Å². The van der Waals surface area contributed by atoms with Crippen LogP contribution in [0, 0.1) is 0 Å². The maximum atomic E-state index is 6.68. The topological polar surface area (TPSA) is 38.0 Å². The standard InChI is InChI=1S/C23H22N2/c24-22(18-10-3-1-4-11-18)23(19-12-5-2-6-13-19)25-21-16-15-17-9-7-8-14-20(17)21/h1-16,21-23,25H,24H2. The molecule has 0 aromatic heterocycles. The third kappa shape index (κ3) is 3.27. The Bertz CT molecular complexity index is 856. The quantitative estimate of drug-likeness (QED) is 0.708. The molecule has 0 radical (unpaired) electrons. The molecule has 3 N–H and O–H groups in total. The second kappa shape index (κ2) is 7.06. The molecular formula is C23H22N2. The van der Waals surface area contributed by atoms with Gasteiger partial charge >= 0.3 is 0 Å².